The maximum absolute atomic E-state index is 13.1. The van der Waals surface area contributed by atoms with E-state index in [0.717, 1.165) is 5.56 Å². The standard InChI is InChI=1S/C29H22O6/c1-3-33-29(31)25-22-17-24(34-28(30)21-15-9-10-16-23(21)32-2)19-13-7-8-14-20(19)27(22)35-26(25)18-11-5-4-6-12-18/h4-17H,3H2,1-2H3. The van der Waals surface area contributed by atoms with Crippen LogP contribution >= 0.6 is 0 Å². The molecule has 0 amide bonds. The third-order valence-corrected chi connectivity index (χ3v) is 5.70. The van der Waals surface area contributed by atoms with Gasteiger partial charge in [0.05, 0.1) is 13.7 Å². The summed E-state index contributed by atoms with van der Waals surface area (Å²) in [4.78, 5) is 26.2. The van der Waals surface area contributed by atoms with E-state index in [1.807, 2.05) is 54.6 Å². The Balaban J connectivity index is 1.74. The average molecular weight is 466 g/mol. The first-order valence-electron chi connectivity index (χ1n) is 11.2. The topological polar surface area (TPSA) is 75.0 Å². The minimum atomic E-state index is -0.573. The van der Waals surface area contributed by atoms with E-state index in [4.69, 9.17) is 18.6 Å². The number of hydrogen-bond acceptors (Lipinski definition) is 6. The number of ether oxygens (including phenoxy) is 3. The molecule has 35 heavy (non-hydrogen) atoms. The van der Waals surface area contributed by atoms with E-state index < -0.39 is 11.9 Å². The molecule has 0 N–H and O–H groups in total. The molecule has 0 radical (unpaired) electrons. The fourth-order valence-electron chi connectivity index (χ4n) is 4.14. The van der Waals surface area contributed by atoms with Gasteiger partial charge in [-0.1, -0.05) is 66.7 Å². The highest BCUT2D eigenvalue weighted by Gasteiger charge is 2.26. The zero-order valence-corrected chi connectivity index (χ0v) is 19.2. The first kappa shape index (κ1) is 22.2. The number of hydrogen-bond donors (Lipinski definition) is 0. The molecule has 0 atom stereocenters. The molecule has 1 heterocycles. The summed E-state index contributed by atoms with van der Waals surface area (Å²) in [5.41, 5.74) is 1.83. The fourth-order valence-corrected chi connectivity index (χ4v) is 4.14. The quantitative estimate of drug-likeness (QED) is 0.206. The Morgan fingerprint density at radius 2 is 1.46 bits per heavy atom. The predicted octanol–water partition coefficient (Wildman–Crippen LogP) is 6.66. The molecule has 0 saturated carbocycles. The van der Waals surface area contributed by atoms with Gasteiger partial charge in [0.25, 0.3) is 0 Å². The van der Waals surface area contributed by atoms with Crippen molar-refractivity contribution in [2.24, 2.45) is 0 Å². The third kappa shape index (κ3) is 3.99. The normalized spacial score (nSPS) is 10.9. The number of para-hydroxylation sites is 1. The van der Waals surface area contributed by atoms with E-state index in [2.05, 4.69) is 0 Å². The van der Waals surface area contributed by atoms with Gasteiger partial charge in [-0.15, -0.1) is 0 Å². The largest absolute Gasteiger partial charge is 0.496 e. The number of furan rings is 1. The van der Waals surface area contributed by atoms with E-state index in [9.17, 15) is 9.59 Å². The first-order chi connectivity index (χ1) is 17.1. The van der Waals surface area contributed by atoms with Crippen molar-refractivity contribution in [1.82, 2.24) is 0 Å². The lowest BCUT2D eigenvalue weighted by atomic mass is 10.0. The van der Waals surface area contributed by atoms with Crippen molar-refractivity contribution in [3.63, 3.8) is 0 Å². The number of carbonyl (C=O) groups is 2. The molecule has 5 rings (SSSR count). The van der Waals surface area contributed by atoms with Crippen molar-refractivity contribution in [3.8, 4) is 22.8 Å². The highest BCUT2D eigenvalue weighted by Crippen LogP contribution is 2.41. The van der Waals surface area contributed by atoms with Gasteiger partial charge in [-0.3, -0.25) is 0 Å². The second-order valence-corrected chi connectivity index (χ2v) is 7.78. The highest BCUT2D eigenvalue weighted by atomic mass is 16.5. The summed E-state index contributed by atoms with van der Waals surface area (Å²) in [5.74, 6) is 0.0240. The van der Waals surface area contributed by atoms with Gasteiger partial charge in [0.2, 0.25) is 0 Å². The summed E-state index contributed by atoms with van der Waals surface area (Å²) in [7, 11) is 1.50. The van der Waals surface area contributed by atoms with Crippen LogP contribution in [0.1, 0.15) is 27.6 Å². The summed E-state index contributed by atoms with van der Waals surface area (Å²) >= 11 is 0. The minimum absolute atomic E-state index is 0.211. The van der Waals surface area contributed by atoms with Crippen molar-refractivity contribution in [2.45, 2.75) is 6.92 Å². The molecule has 6 heteroatoms. The monoisotopic (exact) mass is 466 g/mol. The molecule has 174 valence electrons. The molecular formula is C29H22O6. The highest BCUT2D eigenvalue weighted by molar-refractivity contribution is 6.17. The van der Waals surface area contributed by atoms with Gasteiger partial charge >= 0.3 is 11.9 Å². The summed E-state index contributed by atoms with van der Waals surface area (Å²) in [5, 5.41) is 1.89. The van der Waals surface area contributed by atoms with Crippen LogP contribution in [0.5, 0.6) is 11.5 Å². The van der Waals surface area contributed by atoms with Crippen molar-refractivity contribution in [3.05, 3.63) is 96.1 Å². The molecule has 0 aliphatic carbocycles. The molecule has 1 aromatic heterocycles. The van der Waals surface area contributed by atoms with Gasteiger partial charge in [0.15, 0.2) is 0 Å². The maximum Gasteiger partial charge on any atom is 0.347 e. The zero-order chi connectivity index (χ0) is 24.4. The van der Waals surface area contributed by atoms with Crippen LogP contribution in [0, 0.1) is 0 Å². The minimum Gasteiger partial charge on any atom is -0.496 e. The lowest BCUT2D eigenvalue weighted by molar-refractivity contribution is 0.0528. The molecule has 0 saturated heterocycles. The van der Waals surface area contributed by atoms with Gasteiger partial charge < -0.3 is 18.6 Å². The van der Waals surface area contributed by atoms with Crippen LogP contribution in [-0.2, 0) is 4.74 Å². The third-order valence-electron chi connectivity index (χ3n) is 5.70. The lowest BCUT2D eigenvalue weighted by Gasteiger charge is -2.11. The summed E-state index contributed by atoms with van der Waals surface area (Å²) in [6.45, 7) is 1.96. The number of rotatable bonds is 6. The molecule has 0 bridgehead atoms. The predicted molar refractivity (Wildman–Crippen MR) is 133 cm³/mol. The average Bonchev–Trinajstić information content (AvgIpc) is 3.29. The smallest absolute Gasteiger partial charge is 0.347 e. The number of esters is 2. The lowest BCUT2D eigenvalue weighted by Crippen LogP contribution is -2.10. The summed E-state index contributed by atoms with van der Waals surface area (Å²) < 4.78 is 22.8. The number of methoxy groups -OCH3 is 1. The SMILES string of the molecule is CCOC(=O)c1c(-c2ccccc2)oc2c1cc(OC(=O)c1ccccc1OC)c1ccccc12. The Kier molecular flexibility index (Phi) is 5.94. The zero-order valence-electron chi connectivity index (χ0n) is 19.2. The van der Waals surface area contributed by atoms with Crippen LogP contribution in [0.3, 0.4) is 0 Å². The maximum atomic E-state index is 13.1. The molecule has 5 aromatic rings. The van der Waals surface area contributed by atoms with E-state index >= 15 is 0 Å². The number of fused-ring (bicyclic) bond motifs is 3. The Labute approximate surface area is 201 Å². The molecule has 0 aliphatic rings. The Morgan fingerprint density at radius 3 is 2.20 bits per heavy atom. The van der Waals surface area contributed by atoms with Gasteiger partial charge in [-0.2, -0.15) is 0 Å². The van der Waals surface area contributed by atoms with Crippen molar-refractivity contribution < 1.29 is 28.2 Å². The van der Waals surface area contributed by atoms with Crippen LogP contribution in [0.2, 0.25) is 0 Å². The summed E-state index contributed by atoms with van der Waals surface area (Å²) in [6, 6.07) is 25.3. The van der Waals surface area contributed by atoms with Crippen LogP contribution in [-0.4, -0.2) is 25.7 Å². The van der Waals surface area contributed by atoms with E-state index in [-0.39, 0.29) is 12.2 Å². The Hall–Kier alpha value is -4.58. The van der Waals surface area contributed by atoms with Crippen LogP contribution in [0.15, 0.2) is 89.3 Å². The molecule has 0 spiro atoms. The van der Waals surface area contributed by atoms with Crippen molar-refractivity contribution in [1.29, 1.82) is 0 Å². The van der Waals surface area contributed by atoms with Crippen LogP contribution in [0.4, 0.5) is 0 Å². The second-order valence-electron chi connectivity index (χ2n) is 7.78. The van der Waals surface area contributed by atoms with Crippen LogP contribution < -0.4 is 9.47 Å². The molecule has 0 fully saturated rings. The van der Waals surface area contributed by atoms with Crippen molar-refractivity contribution >= 4 is 33.7 Å². The molecule has 4 aromatic carbocycles. The molecule has 6 nitrogen and oxygen atoms in total. The Morgan fingerprint density at radius 1 is 0.771 bits per heavy atom. The molecular weight excluding hydrogens is 444 g/mol. The molecule has 0 aliphatic heterocycles. The van der Waals surface area contributed by atoms with Crippen molar-refractivity contribution in [2.75, 3.05) is 13.7 Å². The number of carbonyl (C=O) groups excluding carboxylic acids is 2. The summed E-state index contributed by atoms with van der Waals surface area (Å²) in [6.07, 6.45) is 0. The fraction of sp³-hybridized carbons (Fsp3) is 0.103. The van der Waals surface area contributed by atoms with Crippen LogP contribution in [0.25, 0.3) is 33.1 Å². The van der Waals surface area contributed by atoms with E-state index in [1.165, 1.54) is 7.11 Å². The second kappa shape index (κ2) is 9.35. The Bertz CT molecular complexity index is 1550. The van der Waals surface area contributed by atoms with Gasteiger partial charge in [0.1, 0.15) is 34.0 Å². The molecule has 0 unspecified atom stereocenters. The first-order valence-corrected chi connectivity index (χ1v) is 11.2. The van der Waals surface area contributed by atoms with Gasteiger partial charge in [0, 0.05) is 21.7 Å². The number of benzene rings is 4. The van der Waals surface area contributed by atoms with E-state index in [1.54, 1.807) is 37.3 Å². The van der Waals surface area contributed by atoms with Gasteiger partial charge in [-0.05, 0) is 25.1 Å². The van der Waals surface area contributed by atoms with E-state index in [0.29, 0.717) is 44.6 Å². The van der Waals surface area contributed by atoms with Gasteiger partial charge in [-0.25, -0.2) is 9.59 Å².